The molecule has 126 valence electrons. The normalized spacial score (nSPS) is 14.9. The summed E-state index contributed by atoms with van der Waals surface area (Å²) < 4.78 is 30.9. The number of nitrogens with zero attached hydrogens (tertiary/aromatic N) is 5. The highest BCUT2D eigenvalue weighted by Crippen LogP contribution is 2.35. The Labute approximate surface area is 137 Å². The van der Waals surface area contributed by atoms with Crippen LogP contribution >= 0.6 is 11.3 Å². The van der Waals surface area contributed by atoms with Crippen molar-refractivity contribution in [2.45, 2.75) is 51.0 Å². The minimum atomic E-state index is -3.86. The van der Waals surface area contributed by atoms with Crippen molar-refractivity contribution in [3.8, 4) is 0 Å². The van der Waals surface area contributed by atoms with Crippen LogP contribution < -0.4 is 4.31 Å². The van der Waals surface area contributed by atoms with Gasteiger partial charge < -0.3 is 4.74 Å². The molecule has 1 saturated carbocycles. The highest BCUT2D eigenvalue weighted by molar-refractivity contribution is 7.94. The number of hydrogen-bond donors (Lipinski definition) is 0. The molecule has 1 aromatic heterocycles. The fourth-order valence-electron chi connectivity index (χ4n) is 1.71. The predicted molar refractivity (Wildman–Crippen MR) is 85.6 cm³/mol. The summed E-state index contributed by atoms with van der Waals surface area (Å²) in [7, 11) is -3.86. The van der Waals surface area contributed by atoms with E-state index >= 15 is 0 Å². The minimum absolute atomic E-state index is 0.00714. The monoisotopic (exact) mass is 359 g/mol. The van der Waals surface area contributed by atoms with Gasteiger partial charge in [0, 0.05) is 10.3 Å². The van der Waals surface area contributed by atoms with Crippen LogP contribution in [0.25, 0.3) is 10.4 Å². The highest BCUT2D eigenvalue weighted by Gasteiger charge is 2.45. The molecule has 0 saturated heterocycles. The van der Waals surface area contributed by atoms with E-state index in [-0.39, 0.29) is 12.4 Å². The molecule has 1 amide bonds. The van der Waals surface area contributed by atoms with E-state index in [1.807, 2.05) is 0 Å². The average Bonchev–Trinajstić information content (AvgIpc) is 3.17. The number of ether oxygens (including phenoxy) is 1. The van der Waals surface area contributed by atoms with Gasteiger partial charge in [0.25, 0.3) is 0 Å². The number of anilines is 1. The van der Waals surface area contributed by atoms with Crippen LogP contribution in [-0.4, -0.2) is 30.3 Å². The van der Waals surface area contributed by atoms with E-state index in [4.69, 9.17) is 10.3 Å². The van der Waals surface area contributed by atoms with Crippen LogP contribution in [0.3, 0.4) is 0 Å². The summed E-state index contributed by atoms with van der Waals surface area (Å²) >= 11 is 1.11. The number of hydrogen-bond acceptors (Lipinski definition) is 7. The largest absolute Gasteiger partial charge is 0.443 e. The predicted octanol–water partition coefficient (Wildman–Crippen LogP) is 3.19. The number of sulfonamides is 1. The number of thiazole rings is 1. The molecule has 0 bridgehead atoms. The summed E-state index contributed by atoms with van der Waals surface area (Å²) in [5.74, 6) is -0.0284. The van der Waals surface area contributed by atoms with Gasteiger partial charge in [0.2, 0.25) is 10.0 Å². The molecule has 0 N–H and O–H groups in total. The Bertz CT molecular complexity index is 742. The average molecular weight is 359 g/mol. The van der Waals surface area contributed by atoms with Gasteiger partial charge in [-0.05, 0) is 39.1 Å². The maximum absolute atomic E-state index is 12.6. The molecule has 1 aliphatic rings. The first-order valence-electron chi connectivity index (χ1n) is 6.87. The van der Waals surface area contributed by atoms with Crippen LogP contribution in [0.4, 0.5) is 10.6 Å². The molecule has 0 spiro atoms. The maximum Gasteiger partial charge on any atom is 0.430 e. The van der Waals surface area contributed by atoms with E-state index in [1.54, 1.807) is 20.8 Å². The van der Waals surface area contributed by atoms with Crippen molar-refractivity contribution >= 4 is 33.3 Å². The molecule has 23 heavy (non-hydrogen) atoms. The zero-order valence-corrected chi connectivity index (χ0v) is 14.6. The summed E-state index contributed by atoms with van der Waals surface area (Å²) in [4.78, 5) is 19.1. The minimum Gasteiger partial charge on any atom is -0.443 e. The van der Waals surface area contributed by atoms with Crippen molar-refractivity contribution in [3.63, 3.8) is 0 Å². The van der Waals surface area contributed by atoms with Crippen LogP contribution in [0.5, 0.6) is 0 Å². The van der Waals surface area contributed by atoms with Crippen LogP contribution in [0, 0.1) is 0 Å². The number of aromatic nitrogens is 1. The number of carbonyl (C=O) groups is 1. The third-order valence-corrected chi connectivity index (χ3v) is 5.76. The summed E-state index contributed by atoms with van der Waals surface area (Å²) in [6, 6.07) is 0. The van der Waals surface area contributed by atoms with Gasteiger partial charge in [0.05, 0.1) is 11.8 Å². The second-order valence-electron chi connectivity index (χ2n) is 5.98. The molecule has 1 aliphatic carbocycles. The third kappa shape index (κ3) is 4.34. The van der Waals surface area contributed by atoms with E-state index in [1.165, 1.54) is 5.38 Å². The molecule has 0 unspecified atom stereocenters. The maximum atomic E-state index is 12.6. The van der Waals surface area contributed by atoms with E-state index in [0.29, 0.717) is 22.2 Å². The lowest BCUT2D eigenvalue weighted by molar-refractivity contribution is 0.0608. The van der Waals surface area contributed by atoms with Crippen LogP contribution in [0.15, 0.2) is 10.5 Å². The molecule has 0 radical (unpaired) electrons. The SMILES string of the molecule is CC(C)(C)OC(=O)N(c1csc(CN=[N+]=[N-])n1)S(=O)(=O)C1CC1. The Hall–Kier alpha value is -1.84. The number of amides is 1. The van der Waals surface area contributed by atoms with Gasteiger partial charge in [-0.15, -0.1) is 11.3 Å². The lowest BCUT2D eigenvalue weighted by Gasteiger charge is -2.25. The number of carbonyl (C=O) groups excluding carboxylic acids is 1. The quantitative estimate of drug-likeness (QED) is 0.453. The van der Waals surface area contributed by atoms with Crippen LogP contribution in [0.1, 0.15) is 38.6 Å². The van der Waals surface area contributed by atoms with Crippen molar-refractivity contribution in [2.75, 3.05) is 4.31 Å². The summed E-state index contributed by atoms with van der Waals surface area (Å²) in [6.45, 7) is 4.95. The summed E-state index contributed by atoms with van der Waals surface area (Å²) in [6.07, 6.45) is 0.0411. The molecule has 2 rings (SSSR count). The van der Waals surface area contributed by atoms with Gasteiger partial charge in [-0.1, -0.05) is 5.11 Å². The zero-order valence-electron chi connectivity index (χ0n) is 13.0. The first-order valence-corrected chi connectivity index (χ1v) is 9.26. The molecule has 1 heterocycles. The highest BCUT2D eigenvalue weighted by atomic mass is 32.2. The summed E-state index contributed by atoms with van der Waals surface area (Å²) in [5.41, 5.74) is 7.49. The van der Waals surface area contributed by atoms with Crippen LogP contribution in [0.2, 0.25) is 0 Å². The van der Waals surface area contributed by atoms with Gasteiger partial charge in [0.15, 0.2) is 5.82 Å². The molecule has 1 fully saturated rings. The van der Waals surface area contributed by atoms with Crippen molar-refractivity contribution in [2.24, 2.45) is 5.11 Å². The van der Waals surface area contributed by atoms with E-state index in [9.17, 15) is 13.2 Å². The fraction of sp³-hybridized carbons (Fsp3) is 0.667. The Morgan fingerprint density at radius 1 is 1.57 bits per heavy atom. The van der Waals surface area contributed by atoms with E-state index < -0.39 is 27.0 Å². The van der Waals surface area contributed by atoms with Crippen LogP contribution in [-0.2, 0) is 21.3 Å². The van der Waals surface area contributed by atoms with Gasteiger partial charge in [-0.3, -0.25) is 0 Å². The topological polar surface area (TPSA) is 125 Å². The van der Waals surface area contributed by atoms with Crippen molar-refractivity contribution in [1.29, 1.82) is 0 Å². The standard InChI is InChI=1S/C12H17N5O4S2/c1-12(2,3)21-11(18)17(23(19,20)8-4-5-8)9-7-22-10(15-9)6-14-16-13/h7-8H,4-6H2,1-3H3. The number of rotatable bonds is 5. The Morgan fingerprint density at radius 2 is 2.22 bits per heavy atom. The lowest BCUT2D eigenvalue weighted by Crippen LogP contribution is -2.42. The second kappa shape index (κ2) is 6.34. The molecule has 1 aromatic rings. The molecular weight excluding hydrogens is 342 g/mol. The van der Waals surface area contributed by atoms with Gasteiger partial charge in [-0.2, -0.15) is 4.31 Å². The molecule has 0 aliphatic heterocycles. The third-order valence-electron chi connectivity index (χ3n) is 2.78. The number of azide groups is 1. The zero-order chi connectivity index (χ0) is 17.3. The lowest BCUT2D eigenvalue weighted by atomic mass is 10.2. The van der Waals surface area contributed by atoms with Crippen molar-refractivity contribution in [1.82, 2.24) is 4.98 Å². The molecule has 0 aromatic carbocycles. The molecule has 9 nitrogen and oxygen atoms in total. The van der Waals surface area contributed by atoms with Crippen molar-refractivity contribution in [3.05, 3.63) is 20.8 Å². The van der Waals surface area contributed by atoms with Gasteiger partial charge in [-0.25, -0.2) is 18.2 Å². The first kappa shape index (κ1) is 17.5. The van der Waals surface area contributed by atoms with Gasteiger partial charge >= 0.3 is 6.09 Å². The molecule has 11 heteroatoms. The first-order chi connectivity index (χ1) is 10.6. The molecule has 0 atom stereocenters. The Kier molecular flexibility index (Phi) is 4.83. The summed E-state index contributed by atoms with van der Waals surface area (Å²) in [5, 5.41) is 4.64. The second-order valence-corrected chi connectivity index (χ2v) is 8.98. The Balaban J connectivity index is 2.35. The fourth-order valence-corrected chi connectivity index (χ4v) is 4.08. The van der Waals surface area contributed by atoms with Gasteiger partial charge in [0.1, 0.15) is 10.6 Å². The Morgan fingerprint density at radius 3 is 2.74 bits per heavy atom. The van der Waals surface area contributed by atoms with E-state index in [2.05, 4.69) is 15.0 Å². The molecular formula is C12H17N5O4S2. The smallest absolute Gasteiger partial charge is 0.430 e. The van der Waals surface area contributed by atoms with Crippen molar-refractivity contribution < 1.29 is 17.9 Å². The van der Waals surface area contributed by atoms with E-state index in [0.717, 1.165) is 11.3 Å².